The van der Waals surface area contributed by atoms with E-state index >= 15 is 0 Å². The highest BCUT2D eigenvalue weighted by molar-refractivity contribution is 5.66. The lowest BCUT2D eigenvalue weighted by molar-refractivity contribution is 1.03. The Kier molecular flexibility index (Phi) is 1.78. The minimum atomic E-state index is 0.191. The summed E-state index contributed by atoms with van der Waals surface area (Å²) in [6.07, 6.45) is 0. The Morgan fingerprint density at radius 2 is 2.00 bits per heavy atom. The van der Waals surface area contributed by atoms with E-state index in [1.165, 1.54) is 0 Å². The maximum atomic E-state index is 7.05. The molecule has 0 aliphatic rings. The van der Waals surface area contributed by atoms with Gasteiger partial charge in [-0.15, -0.1) is 0 Å². The van der Waals surface area contributed by atoms with Crippen molar-refractivity contribution in [3.05, 3.63) is 23.8 Å². The van der Waals surface area contributed by atoms with Gasteiger partial charge in [-0.3, -0.25) is 5.73 Å². The fourth-order valence-corrected chi connectivity index (χ4v) is 0.787. The monoisotopic (exact) mass is 136 g/mol. The van der Waals surface area contributed by atoms with Crippen molar-refractivity contribution < 1.29 is 0 Å². The fourth-order valence-electron chi connectivity index (χ4n) is 0.787. The smallest absolute Gasteiger partial charge is 0.0593 e. The second-order valence-electron chi connectivity index (χ2n) is 2.10. The van der Waals surface area contributed by atoms with E-state index in [0.29, 0.717) is 11.4 Å². The molecule has 0 saturated carbocycles. The molecular weight excluding hydrogens is 126 g/mol. The lowest BCUT2D eigenvalue weighted by Gasteiger charge is -2.03. The average Bonchev–Trinajstić information content (AvgIpc) is 1.95. The zero-order valence-electron chi connectivity index (χ0n) is 5.59. The van der Waals surface area contributed by atoms with Crippen molar-refractivity contribution >= 4 is 11.4 Å². The van der Waals surface area contributed by atoms with E-state index in [1.807, 2.05) is 0 Å². The summed E-state index contributed by atoms with van der Waals surface area (Å²) in [6.45, 7) is 0.191. The SMILES string of the molecule is [NH]Cc1cccc(N)c1N. The van der Waals surface area contributed by atoms with Gasteiger partial charge in [-0.2, -0.15) is 0 Å². The lowest BCUT2D eigenvalue weighted by Crippen LogP contribution is -1.99. The second-order valence-corrected chi connectivity index (χ2v) is 2.10. The molecule has 1 aromatic carbocycles. The molecule has 0 bridgehead atoms. The van der Waals surface area contributed by atoms with Crippen molar-refractivity contribution in [2.45, 2.75) is 6.54 Å². The Hall–Kier alpha value is -1.22. The van der Waals surface area contributed by atoms with Crippen molar-refractivity contribution in [1.29, 1.82) is 0 Å². The van der Waals surface area contributed by atoms with Gasteiger partial charge in [0, 0.05) is 6.54 Å². The van der Waals surface area contributed by atoms with Crippen molar-refractivity contribution in [3.63, 3.8) is 0 Å². The zero-order valence-corrected chi connectivity index (χ0v) is 5.59. The standard InChI is InChI=1S/C7H10N3/c8-4-5-2-1-3-6(9)7(5)10/h1-3,8H,4,9-10H2. The third-order valence-electron chi connectivity index (χ3n) is 1.42. The fraction of sp³-hybridized carbons (Fsp3) is 0.143. The first kappa shape index (κ1) is 6.89. The summed E-state index contributed by atoms with van der Waals surface area (Å²) in [6, 6.07) is 5.34. The molecule has 53 valence electrons. The molecule has 0 saturated heterocycles. The van der Waals surface area contributed by atoms with E-state index in [2.05, 4.69) is 0 Å². The molecule has 0 aliphatic carbocycles. The highest BCUT2D eigenvalue weighted by Gasteiger charge is 1.97. The van der Waals surface area contributed by atoms with E-state index < -0.39 is 0 Å². The average molecular weight is 136 g/mol. The van der Waals surface area contributed by atoms with E-state index in [1.54, 1.807) is 18.2 Å². The third-order valence-corrected chi connectivity index (χ3v) is 1.42. The molecule has 3 nitrogen and oxygen atoms in total. The molecule has 0 aromatic heterocycles. The Morgan fingerprint density at radius 1 is 1.30 bits per heavy atom. The van der Waals surface area contributed by atoms with Crippen LogP contribution in [0.2, 0.25) is 0 Å². The molecule has 0 atom stereocenters. The summed E-state index contributed by atoms with van der Waals surface area (Å²) < 4.78 is 0. The third kappa shape index (κ3) is 1.04. The predicted octanol–water partition coefficient (Wildman–Crippen LogP) is 0.634. The molecule has 1 radical (unpaired) electrons. The molecule has 10 heavy (non-hydrogen) atoms. The van der Waals surface area contributed by atoms with Crippen molar-refractivity contribution in [3.8, 4) is 0 Å². The van der Waals surface area contributed by atoms with Crippen molar-refractivity contribution in [2.24, 2.45) is 0 Å². The number of benzene rings is 1. The van der Waals surface area contributed by atoms with Crippen LogP contribution in [0.25, 0.3) is 0 Å². The van der Waals surface area contributed by atoms with Crippen LogP contribution >= 0.6 is 0 Å². The van der Waals surface area contributed by atoms with Crippen LogP contribution in [0.3, 0.4) is 0 Å². The number of nitrogen functional groups attached to an aromatic ring is 2. The van der Waals surface area contributed by atoms with Gasteiger partial charge in [0.1, 0.15) is 0 Å². The molecular formula is C7H10N3. The van der Waals surface area contributed by atoms with Crippen LogP contribution in [0.15, 0.2) is 18.2 Å². The normalized spacial score (nSPS) is 9.70. The van der Waals surface area contributed by atoms with Gasteiger partial charge >= 0.3 is 0 Å². The number of nitrogens with one attached hydrogen (secondary N) is 1. The number of anilines is 2. The van der Waals surface area contributed by atoms with Crippen LogP contribution < -0.4 is 17.2 Å². The van der Waals surface area contributed by atoms with Gasteiger partial charge in [-0.1, -0.05) is 12.1 Å². The molecule has 0 amide bonds. The van der Waals surface area contributed by atoms with Crippen LogP contribution in [0.5, 0.6) is 0 Å². The molecule has 0 aliphatic heterocycles. The Balaban J connectivity index is 3.14. The highest BCUT2D eigenvalue weighted by atomic mass is 14.7. The number of hydrogen-bond donors (Lipinski definition) is 2. The van der Waals surface area contributed by atoms with Crippen molar-refractivity contribution in [2.75, 3.05) is 11.5 Å². The van der Waals surface area contributed by atoms with E-state index in [4.69, 9.17) is 17.2 Å². The zero-order chi connectivity index (χ0) is 7.56. The first-order chi connectivity index (χ1) is 4.75. The van der Waals surface area contributed by atoms with Gasteiger partial charge in [0.15, 0.2) is 0 Å². The molecule has 1 rings (SSSR count). The van der Waals surface area contributed by atoms with Crippen LogP contribution in [0.1, 0.15) is 5.56 Å². The van der Waals surface area contributed by atoms with E-state index in [0.717, 1.165) is 5.56 Å². The molecule has 0 heterocycles. The first-order valence-corrected chi connectivity index (χ1v) is 3.03. The minimum absolute atomic E-state index is 0.191. The van der Waals surface area contributed by atoms with E-state index in [9.17, 15) is 0 Å². The van der Waals surface area contributed by atoms with Crippen LogP contribution in [-0.2, 0) is 6.54 Å². The van der Waals surface area contributed by atoms with Gasteiger partial charge in [0.2, 0.25) is 0 Å². The molecule has 0 spiro atoms. The topological polar surface area (TPSA) is 75.8 Å². The van der Waals surface area contributed by atoms with Crippen molar-refractivity contribution in [1.82, 2.24) is 5.73 Å². The molecule has 0 fully saturated rings. The maximum absolute atomic E-state index is 7.05. The van der Waals surface area contributed by atoms with Crippen LogP contribution in [0.4, 0.5) is 11.4 Å². The Bertz CT molecular complexity index is 232. The predicted molar refractivity (Wildman–Crippen MR) is 42.1 cm³/mol. The van der Waals surface area contributed by atoms with Gasteiger partial charge in [-0.25, -0.2) is 0 Å². The summed E-state index contributed by atoms with van der Waals surface area (Å²) in [4.78, 5) is 0. The van der Waals surface area contributed by atoms with Gasteiger partial charge in [0.25, 0.3) is 0 Å². The number of nitrogens with two attached hydrogens (primary N) is 2. The maximum Gasteiger partial charge on any atom is 0.0593 e. The van der Waals surface area contributed by atoms with Gasteiger partial charge in [0.05, 0.1) is 11.4 Å². The summed E-state index contributed by atoms with van der Waals surface area (Å²) in [7, 11) is 0. The molecule has 0 unspecified atom stereocenters. The van der Waals surface area contributed by atoms with Gasteiger partial charge < -0.3 is 11.5 Å². The van der Waals surface area contributed by atoms with Crippen LogP contribution in [-0.4, -0.2) is 0 Å². The summed E-state index contributed by atoms with van der Waals surface area (Å²) >= 11 is 0. The number of rotatable bonds is 1. The Labute approximate surface area is 59.8 Å². The second kappa shape index (κ2) is 2.58. The number of para-hydroxylation sites is 1. The minimum Gasteiger partial charge on any atom is -0.397 e. The molecule has 3 heteroatoms. The van der Waals surface area contributed by atoms with E-state index in [-0.39, 0.29) is 6.54 Å². The summed E-state index contributed by atoms with van der Waals surface area (Å²) in [5.74, 6) is 0. The lowest BCUT2D eigenvalue weighted by atomic mass is 10.1. The quantitative estimate of drug-likeness (QED) is 0.555. The Morgan fingerprint density at radius 3 is 2.50 bits per heavy atom. The summed E-state index contributed by atoms with van der Waals surface area (Å²) in [5.41, 5.74) is 20.0. The summed E-state index contributed by atoms with van der Waals surface area (Å²) in [5, 5.41) is 0. The molecule has 1 aromatic rings. The van der Waals surface area contributed by atoms with Crippen LogP contribution in [0, 0.1) is 0 Å². The highest BCUT2D eigenvalue weighted by Crippen LogP contribution is 2.18. The first-order valence-electron chi connectivity index (χ1n) is 3.03. The molecule has 5 N–H and O–H groups in total. The largest absolute Gasteiger partial charge is 0.397 e. The number of hydrogen-bond acceptors (Lipinski definition) is 2. The van der Waals surface area contributed by atoms with Gasteiger partial charge in [-0.05, 0) is 11.6 Å².